The molecule has 1 aromatic rings. The number of rotatable bonds is 6. The largest absolute Gasteiger partial charge is 0.492 e. The first-order chi connectivity index (χ1) is 8.13. The molecule has 0 aliphatic heterocycles. The normalized spacial score (nSPS) is 10.1. The molecule has 0 aliphatic carbocycles. The number of nitrogens with one attached hydrogen (secondary N) is 2. The van der Waals surface area contributed by atoms with E-state index in [1.54, 1.807) is 6.92 Å². The van der Waals surface area contributed by atoms with Crippen LogP contribution in [0.25, 0.3) is 0 Å². The predicted octanol–water partition coefficient (Wildman–Crippen LogP) is 3.27. The van der Waals surface area contributed by atoms with Crippen LogP contribution in [-0.2, 0) is 6.54 Å². The van der Waals surface area contributed by atoms with Crippen molar-refractivity contribution in [2.75, 3.05) is 13.3 Å². The maximum absolute atomic E-state index is 11.9. The van der Waals surface area contributed by atoms with Crippen LogP contribution in [0.3, 0.4) is 0 Å². The number of hydrogen-bond acceptors (Lipinski definition) is 2. The molecule has 0 unspecified atom stereocenters. The van der Waals surface area contributed by atoms with Gasteiger partial charge in [-0.2, -0.15) is 0 Å². The highest BCUT2D eigenvalue weighted by Crippen LogP contribution is 2.26. The Balaban J connectivity index is 2.56. The van der Waals surface area contributed by atoms with Gasteiger partial charge < -0.3 is 10.1 Å². The van der Waals surface area contributed by atoms with Crippen molar-refractivity contribution in [3.8, 4) is 5.75 Å². The minimum absolute atomic E-state index is 0.363. The summed E-state index contributed by atoms with van der Waals surface area (Å²) >= 11 is 3.41. The van der Waals surface area contributed by atoms with Crippen molar-refractivity contribution in [2.45, 2.75) is 19.9 Å². The van der Waals surface area contributed by atoms with Crippen LogP contribution >= 0.6 is 15.9 Å². The second-order valence-electron chi connectivity index (χ2n) is 3.63. The molecule has 5 heteroatoms. The van der Waals surface area contributed by atoms with Crippen molar-refractivity contribution in [3.05, 3.63) is 28.2 Å². The summed E-state index contributed by atoms with van der Waals surface area (Å²) in [5.74, 6) is 1.15. The van der Waals surface area contributed by atoms with E-state index in [0.29, 0.717) is 31.2 Å². The average molecular weight is 303 g/mol. The summed E-state index contributed by atoms with van der Waals surface area (Å²) in [7, 11) is 0. The topological polar surface area (TPSA) is 45.1 Å². The molecule has 94 valence electrons. The van der Waals surface area contributed by atoms with Gasteiger partial charge in [0.25, 0.3) is 0 Å². The molecule has 0 fully saturated rings. The van der Waals surface area contributed by atoms with E-state index in [4.69, 9.17) is 10.1 Å². The molecule has 0 aliphatic rings. The second-order valence-corrected chi connectivity index (χ2v) is 4.49. The third-order valence-electron chi connectivity index (χ3n) is 2.09. The molecule has 0 amide bonds. The Hall–Kier alpha value is -1.10. The van der Waals surface area contributed by atoms with Crippen LogP contribution in [-0.4, -0.2) is 19.1 Å². The van der Waals surface area contributed by atoms with Crippen LogP contribution in [0.1, 0.15) is 18.9 Å². The molecule has 0 saturated heterocycles. The van der Waals surface area contributed by atoms with Gasteiger partial charge in [-0.05, 0) is 40.5 Å². The maximum Gasteiger partial charge on any atom is 0.133 e. The van der Waals surface area contributed by atoms with Gasteiger partial charge in [0.05, 0.1) is 23.6 Å². The Kier molecular flexibility index (Phi) is 5.97. The fourth-order valence-electron chi connectivity index (χ4n) is 1.24. The van der Waals surface area contributed by atoms with Crippen molar-refractivity contribution >= 4 is 21.8 Å². The first kappa shape index (κ1) is 14.0. The van der Waals surface area contributed by atoms with Gasteiger partial charge in [0.2, 0.25) is 0 Å². The summed E-state index contributed by atoms with van der Waals surface area (Å²) in [4.78, 5) is 0. The van der Waals surface area contributed by atoms with E-state index in [9.17, 15) is 4.39 Å². The zero-order valence-electron chi connectivity index (χ0n) is 9.72. The number of amidine groups is 1. The SMILES string of the molecule is CC(=N)NCc1ccc(OCCCF)c(Br)c1. The summed E-state index contributed by atoms with van der Waals surface area (Å²) in [6.07, 6.45) is 0.406. The Morgan fingerprint density at radius 1 is 1.53 bits per heavy atom. The molecule has 3 nitrogen and oxygen atoms in total. The van der Waals surface area contributed by atoms with Crippen LogP contribution in [0.15, 0.2) is 22.7 Å². The Morgan fingerprint density at radius 3 is 2.88 bits per heavy atom. The van der Waals surface area contributed by atoms with Gasteiger partial charge in [0.15, 0.2) is 0 Å². The summed E-state index contributed by atoms with van der Waals surface area (Å²) in [5.41, 5.74) is 1.06. The highest BCUT2D eigenvalue weighted by Gasteiger charge is 2.02. The first-order valence-electron chi connectivity index (χ1n) is 5.39. The summed E-state index contributed by atoms with van der Waals surface area (Å²) in [6.45, 7) is 2.33. The first-order valence-corrected chi connectivity index (χ1v) is 6.19. The molecule has 1 aromatic carbocycles. The monoisotopic (exact) mass is 302 g/mol. The van der Waals surface area contributed by atoms with Gasteiger partial charge in [-0.3, -0.25) is 9.80 Å². The number of ether oxygens (including phenoxy) is 1. The Labute approximate surface area is 109 Å². The van der Waals surface area contributed by atoms with Crippen molar-refractivity contribution < 1.29 is 9.13 Å². The van der Waals surface area contributed by atoms with E-state index in [-0.39, 0.29) is 6.67 Å². The van der Waals surface area contributed by atoms with Gasteiger partial charge in [-0.25, -0.2) is 0 Å². The maximum atomic E-state index is 11.9. The molecule has 0 atom stereocenters. The van der Waals surface area contributed by atoms with Crippen molar-refractivity contribution in [1.82, 2.24) is 5.32 Å². The second kappa shape index (κ2) is 7.27. The molecule has 0 bridgehead atoms. The Bertz CT molecular complexity index is 385. The Morgan fingerprint density at radius 2 is 2.29 bits per heavy atom. The summed E-state index contributed by atoms with van der Waals surface area (Å²) < 4.78 is 18.2. The van der Waals surface area contributed by atoms with E-state index in [1.165, 1.54) is 0 Å². The lowest BCUT2D eigenvalue weighted by atomic mass is 10.2. The average Bonchev–Trinajstić information content (AvgIpc) is 2.29. The third-order valence-corrected chi connectivity index (χ3v) is 2.71. The molecule has 2 N–H and O–H groups in total. The number of hydrogen-bond donors (Lipinski definition) is 2. The standard InChI is InChI=1S/C12H16BrFN2O/c1-9(15)16-8-10-3-4-12(11(13)7-10)17-6-2-5-14/h3-4,7H,2,5-6,8H2,1H3,(H2,15,16). The van der Waals surface area contributed by atoms with Gasteiger partial charge in [0.1, 0.15) is 5.75 Å². The molecular weight excluding hydrogens is 287 g/mol. The molecule has 0 spiro atoms. The highest BCUT2D eigenvalue weighted by atomic mass is 79.9. The molecule has 17 heavy (non-hydrogen) atoms. The van der Waals surface area contributed by atoms with Gasteiger partial charge in [0, 0.05) is 13.0 Å². The van der Waals surface area contributed by atoms with Gasteiger partial charge in [-0.1, -0.05) is 6.07 Å². The van der Waals surface area contributed by atoms with Crippen molar-refractivity contribution in [1.29, 1.82) is 5.41 Å². The van der Waals surface area contributed by atoms with E-state index in [1.807, 2.05) is 18.2 Å². The minimum Gasteiger partial charge on any atom is -0.492 e. The molecule has 0 heterocycles. The fraction of sp³-hybridized carbons (Fsp3) is 0.417. The number of alkyl halides is 1. The van der Waals surface area contributed by atoms with Crippen molar-refractivity contribution in [2.24, 2.45) is 0 Å². The predicted molar refractivity (Wildman–Crippen MR) is 70.5 cm³/mol. The van der Waals surface area contributed by atoms with E-state index < -0.39 is 0 Å². The van der Waals surface area contributed by atoms with Crippen LogP contribution in [0.2, 0.25) is 0 Å². The van der Waals surface area contributed by atoms with Crippen LogP contribution in [0, 0.1) is 5.41 Å². The molecule has 0 aromatic heterocycles. The zero-order chi connectivity index (χ0) is 12.7. The fourth-order valence-corrected chi connectivity index (χ4v) is 1.78. The highest BCUT2D eigenvalue weighted by molar-refractivity contribution is 9.10. The third kappa shape index (κ3) is 5.17. The minimum atomic E-state index is -0.363. The molecule has 0 radical (unpaired) electrons. The van der Waals surface area contributed by atoms with Crippen LogP contribution in [0.4, 0.5) is 4.39 Å². The van der Waals surface area contributed by atoms with Crippen LogP contribution < -0.4 is 10.1 Å². The van der Waals surface area contributed by atoms with Crippen molar-refractivity contribution in [3.63, 3.8) is 0 Å². The van der Waals surface area contributed by atoms with Gasteiger partial charge in [-0.15, -0.1) is 0 Å². The van der Waals surface area contributed by atoms with E-state index in [0.717, 1.165) is 10.0 Å². The molecule has 0 saturated carbocycles. The lowest BCUT2D eigenvalue weighted by molar-refractivity contribution is 0.288. The lowest BCUT2D eigenvalue weighted by Gasteiger charge is -2.09. The lowest BCUT2D eigenvalue weighted by Crippen LogP contribution is -2.18. The number of halogens is 2. The van der Waals surface area contributed by atoms with E-state index >= 15 is 0 Å². The van der Waals surface area contributed by atoms with Gasteiger partial charge >= 0.3 is 0 Å². The quantitative estimate of drug-likeness (QED) is 0.481. The summed E-state index contributed by atoms with van der Waals surface area (Å²) in [5, 5.41) is 10.2. The number of benzene rings is 1. The molecule has 1 rings (SSSR count). The van der Waals surface area contributed by atoms with E-state index in [2.05, 4.69) is 21.2 Å². The van der Waals surface area contributed by atoms with Crippen LogP contribution in [0.5, 0.6) is 5.75 Å². The molecular formula is C12H16BrFN2O. The summed E-state index contributed by atoms with van der Waals surface area (Å²) in [6, 6.07) is 5.70. The zero-order valence-corrected chi connectivity index (χ0v) is 11.3. The smallest absolute Gasteiger partial charge is 0.133 e.